The van der Waals surface area contributed by atoms with Crippen LogP contribution >= 0.6 is 0 Å². The van der Waals surface area contributed by atoms with Gasteiger partial charge in [0, 0.05) is 0 Å². The van der Waals surface area contributed by atoms with Crippen molar-refractivity contribution in [2.45, 2.75) is 64.4 Å². The van der Waals surface area contributed by atoms with Crippen molar-refractivity contribution in [3.63, 3.8) is 0 Å². The summed E-state index contributed by atoms with van der Waals surface area (Å²) in [7, 11) is -3.71. The number of aliphatic hydroxyl groups is 1. The second-order valence-electron chi connectivity index (χ2n) is 6.48. The van der Waals surface area contributed by atoms with Crippen LogP contribution in [-0.4, -0.2) is 19.1 Å². The fourth-order valence-corrected chi connectivity index (χ4v) is 3.23. The molecule has 0 saturated heterocycles. The van der Waals surface area contributed by atoms with Crippen molar-refractivity contribution in [1.29, 1.82) is 0 Å². The third kappa shape index (κ3) is 5.36. The van der Waals surface area contributed by atoms with Gasteiger partial charge in [-0.15, -0.1) is 0 Å². The normalized spacial score (nSPS) is 15.5. The number of sulfonamides is 1. The lowest BCUT2D eigenvalue weighted by atomic mass is 9.89. The van der Waals surface area contributed by atoms with Gasteiger partial charge >= 0.3 is 0 Å². The van der Waals surface area contributed by atoms with Crippen LogP contribution < -0.4 is 4.72 Å². The maximum atomic E-state index is 12.6. The highest BCUT2D eigenvalue weighted by molar-refractivity contribution is 7.89. The topological polar surface area (TPSA) is 66.4 Å². The van der Waals surface area contributed by atoms with E-state index in [1.54, 1.807) is 37.3 Å². The summed E-state index contributed by atoms with van der Waals surface area (Å²) in [5.41, 5.74) is 0.115. The van der Waals surface area contributed by atoms with Crippen molar-refractivity contribution >= 4 is 10.0 Å². The molecule has 0 aliphatic carbocycles. The SMILES string of the molecule is CCCC/C=C(\NS(=O)(=O)c1ccc(C)cc1)C(C)(O)C(C)C. The molecule has 1 atom stereocenters. The van der Waals surface area contributed by atoms with Crippen molar-refractivity contribution in [2.24, 2.45) is 5.92 Å². The van der Waals surface area contributed by atoms with Crippen molar-refractivity contribution in [2.75, 3.05) is 0 Å². The maximum Gasteiger partial charge on any atom is 0.261 e. The highest BCUT2D eigenvalue weighted by Gasteiger charge is 2.32. The van der Waals surface area contributed by atoms with Gasteiger partial charge in [0.1, 0.15) is 5.60 Å². The van der Waals surface area contributed by atoms with Gasteiger partial charge in [0.15, 0.2) is 0 Å². The molecule has 4 nitrogen and oxygen atoms in total. The molecule has 1 aromatic rings. The zero-order chi connectivity index (χ0) is 17.7. The summed E-state index contributed by atoms with van der Waals surface area (Å²) in [6.07, 6.45) is 4.49. The highest BCUT2D eigenvalue weighted by atomic mass is 32.2. The van der Waals surface area contributed by atoms with Crippen LogP contribution in [0.3, 0.4) is 0 Å². The van der Waals surface area contributed by atoms with Crippen LogP contribution in [-0.2, 0) is 10.0 Å². The zero-order valence-electron chi connectivity index (χ0n) is 14.8. The Kier molecular flexibility index (Phi) is 6.84. The van der Waals surface area contributed by atoms with Crippen LogP contribution in [0, 0.1) is 12.8 Å². The number of benzene rings is 1. The van der Waals surface area contributed by atoms with Crippen molar-refractivity contribution in [1.82, 2.24) is 4.72 Å². The van der Waals surface area contributed by atoms with E-state index in [1.807, 2.05) is 20.8 Å². The minimum absolute atomic E-state index is 0.115. The summed E-state index contributed by atoms with van der Waals surface area (Å²) in [6.45, 7) is 9.36. The largest absolute Gasteiger partial charge is 0.384 e. The van der Waals surface area contributed by atoms with Gasteiger partial charge in [0.2, 0.25) is 0 Å². The van der Waals surface area contributed by atoms with E-state index >= 15 is 0 Å². The van der Waals surface area contributed by atoms with E-state index in [9.17, 15) is 13.5 Å². The average molecular weight is 340 g/mol. The van der Waals surface area contributed by atoms with Gasteiger partial charge < -0.3 is 5.11 Å². The summed E-state index contributed by atoms with van der Waals surface area (Å²) in [4.78, 5) is 0.198. The Morgan fingerprint density at radius 1 is 1.30 bits per heavy atom. The number of unbranched alkanes of at least 4 members (excludes halogenated alkanes) is 2. The van der Waals surface area contributed by atoms with Crippen LogP contribution in [0.2, 0.25) is 0 Å². The Morgan fingerprint density at radius 2 is 1.87 bits per heavy atom. The van der Waals surface area contributed by atoms with Gasteiger partial charge in [-0.05, 0) is 38.3 Å². The van der Waals surface area contributed by atoms with E-state index in [-0.39, 0.29) is 10.8 Å². The van der Waals surface area contributed by atoms with E-state index in [0.29, 0.717) is 5.70 Å². The molecule has 0 fully saturated rings. The van der Waals surface area contributed by atoms with Crippen molar-refractivity contribution in [3.8, 4) is 0 Å². The van der Waals surface area contributed by atoms with Gasteiger partial charge in [0.05, 0.1) is 10.6 Å². The fraction of sp³-hybridized carbons (Fsp3) is 0.556. The van der Waals surface area contributed by atoms with Gasteiger partial charge in [-0.25, -0.2) is 8.42 Å². The fourth-order valence-electron chi connectivity index (χ4n) is 2.03. The van der Waals surface area contributed by atoms with Crippen LogP contribution in [0.25, 0.3) is 0 Å². The Bertz CT molecular complexity index is 629. The minimum Gasteiger partial charge on any atom is -0.384 e. The molecule has 0 aliphatic heterocycles. The molecule has 0 amide bonds. The van der Waals surface area contributed by atoms with E-state index < -0.39 is 15.6 Å². The van der Waals surface area contributed by atoms with E-state index in [1.165, 1.54) is 0 Å². The molecular weight excluding hydrogens is 310 g/mol. The van der Waals surface area contributed by atoms with Crippen LogP contribution in [0.15, 0.2) is 40.9 Å². The van der Waals surface area contributed by atoms with E-state index in [4.69, 9.17) is 0 Å². The number of hydrogen-bond acceptors (Lipinski definition) is 3. The number of nitrogens with one attached hydrogen (secondary N) is 1. The molecule has 0 aliphatic rings. The summed E-state index contributed by atoms with van der Waals surface area (Å²) in [5, 5.41) is 10.7. The first-order chi connectivity index (χ1) is 10.6. The molecule has 0 saturated carbocycles. The molecule has 130 valence electrons. The maximum absolute atomic E-state index is 12.6. The highest BCUT2D eigenvalue weighted by Crippen LogP contribution is 2.26. The lowest BCUT2D eigenvalue weighted by Gasteiger charge is -2.31. The first kappa shape index (κ1) is 19.7. The summed E-state index contributed by atoms with van der Waals surface area (Å²) >= 11 is 0. The summed E-state index contributed by atoms with van der Waals surface area (Å²) < 4.78 is 27.8. The second kappa shape index (κ2) is 7.97. The first-order valence-electron chi connectivity index (χ1n) is 8.13. The van der Waals surface area contributed by atoms with E-state index in [2.05, 4.69) is 11.6 Å². The molecule has 1 unspecified atom stereocenters. The molecule has 0 radical (unpaired) electrons. The van der Waals surface area contributed by atoms with Gasteiger partial charge in [-0.3, -0.25) is 4.72 Å². The second-order valence-corrected chi connectivity index (χ2v) is 8.16. The molecule has 5 heteroatoms. The molecule has 2 N–H and O–H groups in total. The number of allylic oxidation sites excluding steroid dienone is 1. The monoisotopic (exact) mass is 339 g/mol. The third-order valence-electron chi connectivity index (χ3n) is 4.15. The average Bonchev–Trinajstić information content (AvgIpc) is 2.46. The van der Waals surface area contributed by atoms with Gasteiger partial charge in [-0.1, -0.05) is 57.4 Å². The molecule has 23 heavy (non-hydrogen) atoms. The lowest BCUT2D eigenvalue weighted by molar-refractivity contribution is 0.0462. The van der Waals surface area contributed by atoms with Crippen LogP contribution in [0.5, 0.6) is 0 Å². The van der Waals surface area contributed by atoms with Crippen LogP contribution in [0.1, 0.15) is 52.5 Å². The van der Waals surface area contributed by atoms with Gasteiger partial charge in [-0.2, -0.15) is 0 Å². The predicted molar refractivity (Wildman–Crippen MR) is 94.6 cm³/mol. The standard InChI is InChI=1S/C18H29NO3S/c1-6-7-8-9-17(18(5,20)14(2)3)19-23(21,22)16-12-10-15(4)11-13-16/h9-14,19-20H,6-8H2,1-5H3/b17-9-. The quantitative estimate of drug-likeness (QED) is 0.709. The summed E-state index contributed by atoms with van der Waals surface area (Å²) in [6, 6.07) is 6.67. The molecule has 0 heterocycles. The minimum atomic E-state index is -3.71. The third-order valence-corrected chi connectivity index (χ3v) is 5.53. The molecule has 0 aromatic heterocycles. The molecule has 1 rings (SSSR count). The van der Waals surface area contributed by atoms with Crippen molar-refractivity contribution in [3.05, 3.63) is 41.6 Å². The number of aryl methyl sites for hydroxylation is 1. The van der Waals surface area contributed by atoms with E-state index in [0.717, 1.165) is 24.8 Å². The lowest BCUT2D eigenvalue weighted by Crippen LogP contribution is -2.42. The molecule has 0 bridgehead atoms. The predicted octanol–water partition coefficient (Wildman–Crippen LogP) is 3.75. The molecular formula is C18H29NO3S. The Labute approximate surface area is 140 Å². The van der Waals surface area contributed by atoms with Gasteiger partial charge in [0.25, 0.3) is 10.0 Å². The smallest absolute Gasteiger partial charge is 0.261 e. The van der Waals surface area contributed by atoms with Crippen LogP contribution in [0.4, 0.5) is 0 Å². The Balaban J connectivity index is 3.13. The van der Waals surface area contributed by atoms with Crippen molar-refractivity contribution < 1.29 is 13.5 Å². The Morgan fingerprint density at radius 3 is 2.35 bits per heavy atom. The summed E-state index contributed by atoms with van der Waals surface area (Å²) in [5.74, 6) is -0.115. The number of hydrogen-bond donors (Lipinski definition) is 2. The first-order valence-corrected chi connectivity index (χ1v) is 9.62. The Hall–Kier alpha value is -1.33. The molecule has 1 aromatic carbocycles. The number of rotatable bonds is 8. The zero-order valence-corrected chi connectivity index (χ0v) is 15.6. The molecule has 0 spiro atoms.